The Morgan fingerprint density at radius 2 is 1.36 bits per heavy atom. The van der Waals surface area contributed by atoms with Crippen LogP contribution in [-0.2, 0) is 35.0 Å². The lowest BCUT2D eigenvalue weighted by Gasteiger charge is -2.45. The number of Topliss-reactive ketones (excluding diaryl/α,β-unsaturated/α-hetero) is 1. The molecular weight excluding hydrogens is 675 g/mol. The summed E-state index contributed by atoms with van der Waals surface area (Å²) in [4.78, 5) is 68.9. The van der Waals surface area contributed by atoms with Crippen LogP contribution in [0.2, 0.25) is 0 Å². The van der Waals surface area contributed by atoms with Gasteiger partial charge in [0.15, 0.2) is 0 Å². The van der Waals surface area contributed by atoms with Crippen molar-refractivity contribution in [3.63, 3.8) is 0 Å². The smallest absolute Gasteiger partial charge is 0.459 e. The first-order chi connectivity index (χ1) is 22.7. The van der Waals surface area contributed by atoms with Crippen LogP contribution in [0, 0.1) is 0 Å². The Bertz CT molecular complexity index is 1410. The maximum absolute atomic E-state index is 14.8. The van der Waals surface area contributed by atoms with Crippen molar-refractivity contribution in [2.75, 3.05) is 6.54 Å². The topological polar surface area (TPSA) is 153 Å². The molecule has 0 bridgehead atoms. The van der Waals surface area contributed by atoms with Gasteiger partial charge >= 0.3 is 30.3 Å². The Morgan fingerprint density at radius 1 is 0.860 bits per heavy atom. The van der Waals surface area contributed by atoms with Crippen LogP contribution in [0.4, 0.5) is 31.5 Å². The van der Waals surface area contributed by atoms with Crippen molar-refractivity contribution in [2.45, 2.75) is 129 Å². The van der Waals surface area contributed by atoms with Crippen LogP contribution in [0.1, 0.15) is 92.3 Å². The third kappa shape index (κ3) is 12.0. The maximum Gasteiger partial charge on any atom is 0.461 e. The monoisotopic (exact) mass is 720 g/mol. The lowest BCUT2D eigenvalue weighted by molar-refractivity contribution is -0.271. The number of alkyl carbamates (subject to hydrolysis) is 2. The van der Waals surface area contributed by atoms with E-state index >= 15 is 0 Å². The van der Waals surface area contributed by atoms with E-state index in [2.05, 4.69) is 15.6 Å². The van der Waals surface area contributed by atoms with Crippen molar-refractivity contribution in [2.24, 2.45) is 4.99 Å². The second-order valence-electron chi connectivity index (χ2n) is 14.6. The number of esters is 1. The zero-order valence-corrected chi connectivity index (χ0v) is 29.5. The average Bonchev–Trinajstić information content (AvgIpc) is 2.92. The van der Waals surface area contributed by atoms with Crippen molar-refractivity contribution in [1.82, 2.24) is 15.5 Å². The first-order valence-electron chi connectivity index (χ1n) is 15.7. The van der Waals surface area contributed by atoms with Crippen LogP contribution >= 0.6 is 0 Å². The van der Waals surface area contributed by atoms with Gasteiger partial charge in [0.2, 0.25) is 11.7 Å². The van der Waals surface area contributed by atoms with Crippen molar-refractivity contribution in [3.05, 3.63) is 35.4 Å². The fraction of sp³-hybridized carbons (Fsp3) is 0.636. The molecule has 0 fully saturated rings. The molecule has 0 aromatic heterocycles. The highest BCUT2D eigenvalue weighted by molar-refractivity contribution is 6.01. The summed E-state index contributed by atoms with van der Waals surface area (Å²) in [7, 11) is 0. The van der Waals surface area contributed by atoms with Gasteiger partial charge in [0, 0.05) is 6.54 Å². The number of nitrogens with one attached hydrogen (secondary N) is 2. The van der Waals surface area contributed by atoms with Crippen molar-refractivity contribution in [3.8, 4) is 0 Å². The second-order valence-corrected chi connectivity index (χ2v) is 14.6. The van der Waals surface area contributed by atoms with Gasteiger partial charge in [0.1, 0.15) is 29.1 Å². The number of alkyl halides is 5. The van der Waals surface area contributed by atoms with Gasteiger partial charge in [-0.15, -0.1) is 0 Å². The van der Waals surface area contributed by atoms with Crippen LogP contribution in [-0.4, -0.2) is 88.6 Å². The van der Waals surface area contributed by atoms with E-state index < -0.39 is 96.3 Å². The van der Waals surface area contributed by atoms with Crippen molar-refractivity contribution < 1.29 is 60.1 Å². The summed E-state index contributed by atoms with van der Waals surface area (Å²) < 4.78 is 86.2. The van der Waals surface area contributed by atoms with Gasteiger partial charge in [-0.05, 0) is 92.7 Å². The third-order valence-electron chi connectivity index (χ3n) is 6.72. The Morgan fingerprint density at radius 3 is 1.82 bits per heavy atom. The van der Waals surface area contributed by atoms with E-state index in [1.807, 2.05) is 0 Å². The molecule has 0 aliphatic carbocycles. The predicted molar refractivity (Wildman–Crippen MR) is 170 cm³/mol. The lowest BCUT2D eigenvalue weighted by atomic mass is 9.84. The van der Waals surface area contributed by atoms with Crippen LogP contribution < -0.4 is 10.6 Å². The van der Waals surface area contributed by atoms with E-state index in [-0.39, 0.29) is 18.3 Å². The number of carbonyl (C=O) groups is 5. The maximum atomic E-state index is 14.8. The molecule has 1 aromatic carbocycles. The largest absolute Gasteiger partial charge is 0.461 e. The highest BCUT2D eigenvalue weighted by Crippen LogP contribution is 2.42. The summed E-state index contributed by atoms with van der Waals surface area (Å²) in [5, 5.41) is 4.41. The Balaban J connectivity index is 2.59. The molecule has 50 heavy (non-hydrogen) atoms. The summed E-state index contributed by atoms with van der Waals surface area (Å²) in [6, 6.07) is 0.535. The highest BCUT2D eigenvalue weighted by Gasteiger charge is 2.65. The van der Waals surface area contributed by atoms with Gasteiger partial charge in [-0.25, -0.2) is 14.4 Å². The molecule has 17 heteroatoms. The van der Waals surface area contributed by atoms with Crippen molar-refractivity contribution in [1.29, 1.82) is 0 Å². The van der Waals surface area contributed by atoms with Gasteiger partial charge < -0.3 is 19.0 Å². The standard InChI is InChI=1S/C33H45F5N4O8/c1-29(2,3)48-25(45)23-21-14-11-10-13-19(21)17-20(18-43)42(23)22(24(44)32(34,35)33(36,37)38)15-12-16-39-26(40-27(46)49-30(4,5)6)41-28(47)50-31(7,8)9/h10-11,13-14,18,20,22-23H,12,15-17H2,1-9H3,(H2,39,40,41,46,47). The zero-order valence-electron chi connectivity index (χ0n) is 29.5. The average molecular weight is 721 g/mol. The molecule has 2 amide bonds. The number of aliphatic imine (C=N–C) groups is 1. The zero-order chi connectivity index (χ0) is 38.5. The predicted octanol–water partition coefficient (Wildman–Crippen LogP) is 5.82. The molecule has 0 radical (unpaired) electrons. The second kappa shape index (κ2) is 15.8. The lowest BCUT2D eigenvalue weighted by Crippen LogP contribution is -2.60. The van der Waals surface area contributed by atoms with Crippen LogP contribution in [0.25, 0.3) is 0 Å². The fourth-order valence-electron chi connectivity index (χ4n) is 4.96. The molecule has 0 spiro atoms. The molecule has 280 valence electrons. The molecule has 2 N–H and O–H groups in total. The van der Waals surface area contributed by atoms with Crippen molar-refractivity contribution >= 4 is 36.2 Å². The number of ketones is 1. The van der Waals surface area contributed by atoms with Crippen LogP contribution in [0.5, 0.6) is 0 Å². The molecule has 1 heterocycles. The molecule has 1 aliphatic rings. The van der Waals surface area contributed by atoms with Gasteiger partial charge in [-0.1, -0.05) is 24.3 Å². The van der Waals surface area contributed by atoms with Gasteiger partial charge in [-0.2, -0.15) is 22.0 Å². The molecule has 3 atom stereocenters. The summed E-state index contributed by atoms with van der Waals surface area (Å²) in [6.45, 7) is 13.4. The minimum atomic E-state index is -6.30. The van der Waals surface area contributed by atoms with Gasteiger partial charge in [-0.3, -0.25) is 25.3 Å². The molecule has 2 rings (SSSR count). The molecule has 3 unspecified atom stereocenters. The quantitative estimate of drug-likeness (QED) is 0.0612. The van der Waals surface area contributed by atoms with Gasteiger partial charge in [0.05, 0.1) is 12.1 Å². The van der Waals surface area contributed by atoms with E-state index in [1.54, 1.807) is 53.7 Å². The molecule has 12 nitrogen and oxygen atoms in total. The van der Waals surface area contributed by atoms with E-state index in [4.69, 9.17) is 14.2 Å². The first kappa shape index (κ1) is 42.0. The fourth-order valence-corrected chi connectivity index (χ4v) is 4.96. The molecule has 0 saturated carbocycles. The first-order valence-corrected chi connectivity index (χ1v) is 15.7. The Kier molecular flexibility index (Phi) is 13.3. The number of ether oxygens (including phenoxy) is 3. The number of benzene rings is 1. The Hall–Kier alpha value is -4.15. The molecule has 0 saturated heterocycles. The number of fused-ring (bicyclic) bond motifs is 1. The summed E-state index contributed by atoms with van der Waals surface area (Å²) in [6.07, 6.45) is -9.52. The van der Waals surface area contributed by atoms with Crippen LogP contribution in [0.15, 0.2) is 29.3 Å². The SMILES string of the molecule is CC(C)(C)OC(=O)NC(=NCCCC(C(=O)C(F)(F)C(F)(F)F)N1C(C=O)Cc2ccccc2C1C(=O)OC(C)(C)C)NC(=O)OC(C)(C)C. The number of rotatable bonds is 9. The number of hydrogen-bond acceptors (Lipinski definition) is 10. The number of guanidine groups is 1. The summed E-state index contributed by atoms with van der Waals surface area (Å²) >= 11 is 0. The highest BCUT2D eigenvalue weighted by atomic mass is 19.4. The van der Waals surface area contributed by atoms with Gasteiger partial charge in [0.25, 0.3) is 0 Å². The normalized spacial score (nSPS) is 17.8. The van der Waals surface area contributed by atoms with E-state index in [0.717, 1.165) is 4.90 Å². The number of halogens is 5. The minimum absolute atomic E-state index is 0.163. The number of aldehydes is 1. The number of carbonyl (C=O) groups excluding carboxylic acids is 5. The third-order valence-corrected chi connectivity index (χ3v) is 6.72. The molecule has 1 aromatic rings. The Labute approximate surface area is 287 Å². The molecule has 1 aliphatic heterocycles. The minimum Gasteiger partial charge on any atom is -0.459 e. The summed E-state index contributed by atoms with van der Waals surface area (Å²) in [5.74, 6) is -10.0. The van der Waals surface area contributed by atoms with E-state index in [1.165, 1.54) is 32.9 Å². The molecular formula is C33H45F5N4O8. The van der Waals surface area contributed by atoms with E-state index in [0.29, 0.717) is 5.56 Å². The summed E-state index contributed by atoms with van der Waals surface area (Å²) in [5.41, 5.74) is -2.48. The van der Waals surface area contributed by atoms with E-state index in [9.17, 15) is 45.9 Å². The number of hydrogen-bond donors (Lipinski definition) is 2. The number of amides is 2. The van der Waals surface area contributed by atoms with Crippen LogP contribution in [0.3, 0.4) is 0 Å². The number of nitrogens with zero attached hydrogens (tertiary/aromatic N) is 2.